The molecule has 0 unspecified atom stereocenters. The summed E-state index contributed by atoms with van der Waals surface area (Å²) in [6.45, 7) is 5.41. The predicted molar refractivity (Wildman–Crippen MR) is 82.9 cm³/mol. The molecule has 0 spiro atoms. The fraction of sp³-hybridized carbons (Fsp3) is 0.333. The molecule has 0 aliphatic rings. The molecule has 1 heterocycles. The topological polar surface area (TPSA) is 82.3 Å². The normalized spacial score (nSPS) is 10.2. The molecule has 6 heteroatoms. The third-order valence-electron chi connectivity index (χ3n) is 2.60. The molecule has 0 bridgehead atoms. The highest BCUT2D eigenvalue weighted by atomic mass is 16.5. The smallest absolute Gasteiger partial charge is 0.226 e. The average Bonchev–Trinajstić information content (AvgIpc) is 2.46. The van der Waals surface area contributed by atoms with Crippen LogP contribution in [0, 0.1) is 0 Å². The van der Waals surface area contributed by atoms with Gasteiger partial charge in [-0.25, -0.2) is 0 Å². The highest BCUT2D eigenvalue weighted by Crippen LogP contribution is 2.31. The second-order valence-corrected chi connectivity index (χ2v) is 4.38. The van der Waals surface area contributed by atoms with Gasteiger partial charge in [0.15, 0.2) is 11.5 Å². The lowest BCUT2D eigenvalue weighted by molar-refractivity contribution is 0.301. The van der Waals surface area contributed by atoms with Crippen LogP contribution in [0.4, 0.5) is 11.8 Å². The monoisotopic (exact) mass is 288 g/mol. The van der Waals surface area contributed by atoms with E-state index in [1.807, 2.05) is 31.2 Å². The highest BCUT2D eigenvalue weighted by Gasteiger charge is 2.08. The number of anilines is 2. The molecule has 3 N–H and O–H groups in total. The van der Waals surface area contributed by atoms with Crippen molar-refractivity contribution in [2.24, 2.45) is 0 Å². The van der Waals surface area contributed by atoms with Gasteiger partial charge in [0.2, 0.25) is 11.8 Å². The number of nitrogen functional groups attached to an aromatic ring is 1. The van der Waals surface area contributed by atoms with Gasteiger partial charge in [0.1, 0.15) is 5.82 Å². The molecule has 0 fully saturated rings. The first-order valence-corrected chi connectivity index (χ1v) is 7.01. The van der Waals surface area contributed by atoms with Crippen molar-refractivity contribution in [3.63, 3.8) is 0 Å². The molecule has 0 atom stereocenters. The first kappa shape index (κ1) is 14.9. The summed E-state index contributed by atoms with van der Waals surface area (Å²) in [4.78, 5) is 8.16. The summed E-state index contributed by atoms with van der Waals surface area (Å²) in [6, 6.07) is 9.17. The Morgan fingerprint density at radius 2 is 1.90 bits per heavy atom. The Morgan fingerprint density at radius 1 is 1.14 bits per heavy atom. The third-order valence-corrected chi connectivity index (χ3v) is 2.60. The number of nitrogens with one attached hydrogen (secondary N) is 1. The van der Waals surface area contributed by atoms with E-state index in [1.165, 1.54) is 0 Å². The van der Waals surface area contributed by atoms with Gasteiger partial charge in [-0.05, 0) is 25.5 Å². The van der Waals surface area contributed by atoms with Crippen LogP contribution in [0.3, 0.4) is 0 Å². The van der Waals surface area contributed by atoms with E-state index in [-0.39, 0.29) is 5.95 Å². The molecule has 6 nitrogen and oxygen atoms in total. The molecular weight excluding hydrogens is 268 g/mol. The number of aromatic nitrogens is 2. The minimum atomic E-state index is 0.162. The number of para-hydroxylation sites is 2. The van der Waals surface area contributed by atoms with Crippen molar-refractivity contribution in [3.05, 3.63) is 30.3 Å². The van der Waals surface area contributed by atoms with Crippen LogP contribution in [0.25, 0.3) is 0 Å². The van der Waals surface area contributed by atoms with E-state index >= 15 is 0 Å². The zero-order chi connectivity index (χ0) is 15.1. The van der Waals surface area contributed by atoms with Gasteiger partial charge in [-0.2, -0.15) is 9.97 Å². The van der Waals surface area contributed by atoms with Crippen LogP contribution in [0.2, 0.25) is 0 Å². The van der Waals surface area contributed by atoms with E-state index < -0.39 is 0 Å². The molecule has 21 heavy (non-hydrogen) atoms. The van der Waals surface area contributed by atoms with Crippen LogP contribution >= 0.6 is 0 Å². The molecule has 2 rings (SSSR count). The van der Waals surface area contributed by atoms with E-state index in [2.05, 4.69) is 22.2 Å². The van der Waals surface area contributed by atoms with Crippen molar-refractivity contribution in [3.8, 4) is 17.4 Å². The average molecular weight is 288 g/mol. The van der Waals surface area contributed by atoms with Crippen molar-refractivity contribution in [2.45, 2.75) is 20.3 Å². The van der Waals surface area contributed by atoms with Crippen LogP contribution in [0.15, 0.2) is 30.3 Å². The molecule has 1 aromatic heterocycles. The minimum Gasteiger partial charge on any atom is -0.490 e. The molecule has 0 saturated heterocycles. The lowest BCUT2D eigenvalue weighted by atomic mass is 10.3. The van der Waals surface area contributed by atoms with Crippen LogP contribution in [0.5, 0.6) is 17.4 Å². The van der Waals surface area contributed by atoms with Gasteiger partial charge in [-0.1, -0.05) is 19.1 Å². The van der Waals surface area contributed by atoms with Crippen molar-refractivity contribution in [2.75, 3.05) is 24.2 Å². The molecule has 0 aliphatic carbocycles. The summed E-state index contributed by atoms with van der Waals surface area (Å²) < 4.78 is 11.4. The van der Waals surface area contributed by atoms with Gasteiger partial charge in [-0.3, -0.25) is 0 Å². The summed E-state index contributed by atoms with van der Waals surface area (Å²) in [5.41, 5.74) is 5.69. The fourth-order valence-electron chi connectivity index (χ4n) is 1.75. The molecule has 2 aromatic rings. The quantitative estimate of drug-likeness (QED) is 0.814. The standard InChI is InChI=1S/C15H20N4O2/c1-3-9-20-11-7-5-6-8-12(11)21-14-10-13(17-4-2)18-15(16)19-14/h5-8,10H,3-4,9H2,1-2H3,(H3,16,17,18,19). The largest absolute Gasteiger partial charge is 0.490 e. The number of hydrogen-bond acceptors (Lipinski definition) is 6. The van der Waals surface area contributed by atoms with E-state index in [1.54, 1.807) is 6.07 Å². The lowest BCUT2D eigenvalue weighted by Gasteiger charge is -2.12. The Kier molecular flexibility index (Phi) is 5.20. The first-order chi connectivity index (χ1) is 10.2. The van der Waals surface area contributed by atoms with E-state index in [9.17, 15) is 0 Å². The van der Waals surface area contributed by atoms with E-state index in [0.717, 1.165) is 13.0 Å². The highest BCUT2D eigenvalue weighted by molar-refractivity contribution is 5.46. The number of nitrogens with two attached hydrogens (primary N) is 1. The third kappa shape index (κ3) is 4.24. The first-order valence-electron chi connectivity index (χ1n) is 7.01. The van der Waals surface area contributed by atoms with Gasteiger partial charge in [0.25, 0.3) is 0 Å². The number of rotatable bonds is 7. The zero-order valence-electron chi connectivity index (χ0n) is 12.3. The van der Waals surface area contributed by atoms with Gasteiger partial charge < -0.3 is 20.5 Å². The lowest BCUT2D eigenvalue weighted by Crippen LogP contribution is -2.04. The Balaban J connectivity index is 2.21. The summed E-state index contributed by atoms with van der Waals surface area (Å²) in [6.07, 6.45) is 0.930. The Morgan fingerprint density at radius 3 is 2.62 bits per heavy atom. The summed E-state index contributed by atoms with van der Waals surface area (Å²) in [5.74, 6) is 2.46. The number of ether oxygens (including phenoxy) is 2. The second kappa shape index (κ2) is 7.33. The van der Waals surface area contributed by atoms with Crippen LogP contribution in [-0.2, 0) is 0 Å². The molecule has 0 amide bonds. The van der Waals surface area contributed by atoms with Crippen molar-refractivity contribution in [1.82, 2.24) is 9.97 Å². The van der Waals surface area contributed by atoms with Crippen LogP contribution in [-0.4, -0.2) is 23.1 Å². The van der Waals surface area contributed by atoms with Gasteiger partial charge >= 0.3 is 0 Å². The predicted octanol–water partition coefficient (Wildman–Crippen LogP) is 3.07. The van der Waals surface area contributed by atoms with Gasteiger partial charge in [0, 0.05) is 12.6 Å². The van der Waals surface area contributed by atoms with Crippen molar-refractivity contribution >= 4 is 11.8 Å². The molecule has 0 radical (unpaired) electrons. The SMILES string of the molecule is CCCOc1ccccc1Oc1cc(NCC)nc(N)n1. The van der Waals surface area contributed by atoms with Gasteiger partial charge in [-0.15, -0.1) is 0 Å². The van der Waals surface area contributed by atoms with E-state index in [4.69, 9.17) is 15.2 Å². The second-order valence-electron chi connectivity index (χ2n) is 4.38. The number of nitrogens with zero attached hydrogens (tertiary/aromatic N) is 2. The Labute approximate surface area is 124 Å². The van der Waals surface area contributed by atoms with Crippen molar-refractivity contribution < 1.29 is 9.47 Å². The van der Waals surface area contributed by atoms with Crippen LogP contribution in [0.1, 0.15) is 20.3 Å². The molecule has 112 valence electrons. The molecule has 0 aliphatic heterocycles. The van der Waals surface area contributed by atoms with E-state index in [0.29, 0.717) is 29.8 Å². The summed E-state index contributed by atoms with van der Waals surface area (Å²) in [5, 5.41) is 3.08. The Hall–Kier alpha value is -2.50. The summed E-state index contributed by atoms with van der Waals surface area (Å²) in [7, 11) is 0. The van der Waals surface area contributed by atoms with Crippen LogP contribution < -0.4 is 20.5 Å². The molecule has 0 saturated carbocycles. The maximum Gasteiger partial charge on any atom is 0.226 e. The van der Waals surface area contributed by atoms with Crippen molar-refractivity contribution in [1.29, 1.82) is 0 Å². The minimum absolute atomic E-state index is 0.162. The maximum atomic E-state index is 5.78. The fourth-order valence-corrected chi connectivity index (χ4v) is 1.75. The number of hydrogen-bond donors (Lipinski definition) is 2. The molecule has 1 aromatic carbocycles. The molecular formula is C15H20N4O2. The number of benzene rings is 1. The maximum absolute atomic E-state index is 5.78. The zero-order valence-corrected chi connectivity index (χ0v) is 12.3. The summed E-state index contributed by atoms with van der Waals surface area (Å²) >= 11 is 0. The van der Waals surface area contributed by atoms with Gasteiger partial charge in [0.05, 0.1) is 6.61 Å². The Bertz CT molecular complexity index is 590.